The molecule has 0 spiro atoms. The van der Waals surface area contributed by atoms with E-state index in [0.29, 0.717) is 12.3 Å². The van der Waals surface area contributed by atoms with Crippen molar-refractivity contribution >= 4 is 11.9 Å². The van der Waals surface area contributed by atoms with Gasteiger partial charge in [0.1, 0.15) is 5.75 Å². The molecule has 1 N–H and O–H groups in total. The van der Waals surface area contributed by atoms with E-state index in [1.807, 2.05) is 12.1 Å². The van der Waals surface area contributed by atoms with Gasteiger partial charge in [0.2, 0.25) is 5.91 Å². The number of ether oxygens (including phenoxy) is 1. The second kappa shape index (κ2) is 6.68. The summed E-state index contributed by atoms with van der Waals surface area (Å²) in [5.74, 6) is 0.0446. The first-order chi connectivity index (χ1) is 8.11. The van der Waals surface area contributed by atoms with E-state index in [9.17, 15) is 9.59 Å². The molecule has 0 radical (unpaired) electrons. The Labute approximate surface area is 101 Å². The Morgan fingerprint density at radius 1 is 1.24 bits per heavy atom. The van der Waals surface area contributed by atoms with Gasteiger partial charge in [-0.3, -0.25) is 9.59 Å². The second-order valence-electron chi connectivity index (χ2n) is 3.70. The lowest BCUT2D eigenvalue weighted by atomic mass is 10.2. The van der Waals surface area contributed by atoms with Crippen LogP contribution in [0, 0.1) is 0 Å². The van der Waals surface area contributed by atoms with Crippen LogP contribution in [0.5, 0.6) is 5.75 Å². The summed E-state index contributed by atoms with van der Waals surface area (Å²) < 4.78 is 5.11. The smallest absolute Gasteiger partial charge is 0.312 e. The van der Waals surface area contributed by atoms with Gasteiger partial charge in [-0.2, -0.15) is 0 Å². The van der Waals surface area contributed by atoms with Gasteiger partial charge in [-0.15, -0.1) is 0 Å². The molecular weight excluding hydrogens is 218 g/mol. The molecule has 0 unspecified atom stereocenters. The third-order valence-electron chi connectivity index (χ3n) is 2.27. The molecule has 0 aliphatic heterocycles. The van der Waals surface area contributed by atoms with Gasteiger partial charge in [0, 0.05) is 13.5 Å². The Balaban J connectivity index is 2.37. The molecule has 4 heteroatoms. The van der Waals surface area contributed by atoms with Crippen molar-refractivity contribution in [2.75, 3.05) is 6.54 Å². The van der Waals surface area contributed by atoms with Gasteiger partial charge in [-0.25, -0.2) is 0 Å². The van der Waals surface area contributed by atoms with Crippen molar-refractivity contribution in [1.82, 2.24) is 5.32 Å². The molecule has 0 saturated heterocycles. The van der Waals surface area contributed by atoms with Crippen LogP contribution in [0.4, 0.5) is 0 Å². The van der Waals surface area contributed by atoms with Crippen molar-refractivity contribution < 1.29 is 14.3 Å². The molecule has 1 rings (SSSR count). The van der Waals surface area contributed by atoms with Crippen molar-refractivity contribution in [3.63, 3.8) is 0 Å². The zero-order chi connectivity index (χ0) is 12.7. The minimum absolute atomic E-state index is 0.148. The molecule has 92 valence electrons. The number of nitrogens with one attached hydrogen (secondary N) is 1. The molecule has 1 amide bonds. The molecule has 0 heterocycles. The number of aryl methyl sites for hydroxylation is 1. The average molecular weight is 235 g/mol. The summed E-state index contributed by atoms with van der Waals surface area (Å²) in [7, 11) is 0. The Hall–Kier alpha value is -1.84. The van der Waals surface area contributed by atoms with E-state index in [-0.39, 0.29) is 18.3 Å². The van der Waals surface area contributed by atoms with Gasteiger partial charge in [0.15, 0.2) is 0 Å². The van der Waals surface area contributed by atoms with Crippen LogP contribution in [0.2, 0.25) is 0 Å². The van der Waals surface area contributed by atoms with Crippen LogP contribution in [-0.4, -0.2) is 18.4 Å². The number of benzene rings is 1. The highest BCUT2D eigenvalue weighted by molar-refractivity contribution is 5.75. The van der Waals surface area contributed by atoms with E-state index in [1.165, 1.54) is 12.5 Å². The quantitative estimate of drug-likeness (QED) is 0.624. The zero-order valence-electron chi connectivity index (χ0n) is 10.2. The number of amides is 1. The maximum Gasteiger partial charge on any atom is 0.312 e. The molecule has 0 saturated carbocycles. The van der Waals surface area contributed by atoms with E-state index < -0.39 is 0 Å². The third kappa shape index (κ3) is 5.15. The van der Waals surface area contributed by atoms with E-state index in [2.05, 4.69) is 12.2 Å². The van der Waals surface area contributed by atoms with Crippen LogP contribution in [0.25, 0.3) is 0 Å². The molecule has 0 aromatic heterocycles. The topological polar surface area (TPSA) is 55.4 Å². The summed E-state index contributed by atoms with van der Waals surface area (Å²) in [5, 5.41) is 2.54. The minimum Gasteiger partial charge on any atom is -0.426 e. The molecule has 0 aliphatic rings. The molecule has 0 atom stereocenters. The maximum absolute atomic E-state index is 11.4. The number of esters is 1. The highest BCUT2D eigenvalue weighted by atomic mass is 16.5. The Kier molecular flexibility index (Phi) is 5.20. The van der Waals surface area contributed by atoms with Crippen molar-refractivity contribution in [3.8, 4) is 5.75 Å². The first kappa shape index (κ1) is 13.2. The molecular formula is C13H17NO3. The van der Waals surface area contributed by atoms with Crippen LogP contribution in [0.15, 0.2) is 24.3 Å². The molecule has 17 heavy (non-hydrogen) atoms. The summed E-state index contributed by atoms with van der Waals surface area (Å²) in [6, 6.07) is 7.40. The SMILES string of the molecule is CCc1ccc(OC(=O)CCNC(C)=O)cc1. The number of carbonyl (C=O) groups is 2. The van der Waals surface area contributed by atoms with Crippen LogP contribution in [0.1, 0.15) is 25.8 Å². The first-order valence-electron chi connectivity index (χ1n) is 5.66. The minimum atomic E-state index is -0.344. The van der Waals surface area contributed by atoms with Gasteiger partial charge in [-0.1, -0.05) is 19.1 Å². The Morgan fingerprint density at radius 2 is 1.88 bits per heavy atom. The first-order valence-corrected chi connectivity index (χ1v) is 5.66. The van der Waals surface area contributed by atoms with Gasteiger partial charge < -0.3 is 10.1 Å². The zero-order valence-corrected chi connectivity index (χ0v) is 10.2. The monoisotopic (exact) mass is 235 g/mol. The number of rotatable bonds is 5. The van der Waals surface area contributed by atoms with Gasteiger partial charge in [0.25, 0.3) is 0 Å². The van der Waals surface area contributed by atoms with Crippen LogP contribution >= 0.6 is 0 Å². The molecule has 1 aromatic carbocycles. The van der Waals surface area contributed by atoms with E-state index in [1.54, 1.807) is 12.1 Å². The van der Waals surface area contributed by atoms with Gasteiger partial charge in [-0.05, 0) is 24.1 Å². The van der Waals surface area contributed by atoms with E-state index in [4.69, 9.17) is 4.74 Å². The summed E-state index contributed by atoms with van der Waals surface area (Å²) in [6.07, 6.45) is 1.13. The number of carbonyl (C=O) groups excluding carboxylic acids is 2. The second-order valence-corrected chi connectivity index (χ2v) is 3.70. The van der Waals surface area contributed by atoms with E-state index >= 15 is 0 Å². The lowest BCUT2D eigenvalue weighted by Crippen LogP contribution is -2.24. The summed E-state index contributed by atoms with van der Waals surface area (Å²) >= 11 is 0. The van der Waals surface area contributed by atoms with Crippen molar-refractivity contribution in [2.24, 2.45) is 0 Å². The third-order valence-corrected chi connectivity index (χ3v) is 2.27. The van der Waals surface area contributed by atoms with Crippen molar-refractivity contribution in [1.29, 1.82) is 0 Å². The van der Waals surface area contributed by atoms with E-state index in [0.717, 1.165) is 6.42 Å². The fourth-order valence-electron chi connectivity index (χ4n) is 1.32. The fraction of sp³-hybridized carbons (Fsp3) is 0.385. The number of hydrogen-bond acceptors (Lipinski definition) is 3. The number of hydrogen-bond donors (Lipinski definition) is 1. The van der Waals surface area contributed by atoms with Crippen molar-refractivity contribution in [3.05, 3.63) is 29.8 Å². The van der Waals surface area contributed by atoms with Crippen molar-refractivity contribution in [2.45, 2.75) is 26.7 Å². The summed E-state index contributed by atoms with van der Waals surface area (Å²) in [5.41, 5.74) is 1.20. The molecule has 1 aromatic rings. The normalized spacial score (nSPS) is 9.76. The fourth-order valence-corrected chi connectivity index (χ4v) is 1.32. The standard InChI is InChI=1S/C13H17NO3/c1-3-11-4-6-12(7-5-11)17-13(16)8-9-14-10(2)15/h4-7H,3,8-9H2,1-2H3,(H,14,15). The maximum atomic E-state index is 11.4. The summed E-state index contributed by atoms with van der Waals surface area (Å²) in [4.78, 5) is 22.0. The Morgan fingerprint density at radius 3 is 2.41 bits per heavy atom. The highest BCUT2D eigenvalue weighted by Gasteiger charge is 2.04. The average Bonchev–Trinajstić information content (AvgIpc) is 2.29. The predicted octanol–water partition coefficient (Wildman–Crippen LogP) is 1.68. The highest BCUT2D eigenvalue weighted by Crippen LogP contribution is 2.12. The van der Waals surface area contributed by atoms with Crippen LogP contribution < -0.4 is 10.1 Å². The molecule has 0 aliphatic carbocycles. The molecule has 4 nitrogen and oxygen atoms in total. The largest absolute Gasteiger partial charge is 0.426 e. The Bertz CT molecular complexity index is 384. The van der Waals surface area contributed by atoms with Crippen LogP contribution in [-0.2, 0) is 16.0 Å². The van der Waals surface area contributed by atoms with Crippen LogP contribution in [0.3, 0.4) is 0 Å². The lowest BCUT2D eigenvalue weighted by Gasteiger charge is -2.05. The van der Waals surface area contributed by atoms with Gasteiger partial charge in [0.05, 0.1) is 6.42 Å². The summed E-state index contributed by atoms with van der Waals surface area (Å²) in [6.45, 7) is 3.78. The molecule has 0 bridgehead atoms. The lowest BCUT2D eigenvalue weighted by molar-refractivity contribution is -0.134. The molecule has 0 fully saturated rings. The van der Waals surface area contributed by atoms with Gasteiger partial charge >= 0.3 is 5.97 Å². The predicted molar refractivity (Wildman–Crippen MR) is 64.8 cm³/mol.